The molecule has 1 heterocycles. The van der Waals surface area contributed by atoms with Crippen LogP contribution in [0.4, 0.5) is 0 Å². The van der Waals surface area contributed by atoms with E-state index in [9.17, 15) is 14.4 Å². The summed E-state index contributed by atoms with van der Waals surface area (Å²) in [5.74, 6) is -1.25. The molecule has 2 aromatic carbocycles. The minimum Gasteiger partial charge on any atom is -0.368 e. The van der Waals surface area contributed by atoms with E-state index in [2.05, 4.69) is 15.7 Å². The van der Waals surface area contributed by atoms with Gasteiger partial charge in [0, 0.05) is 34.5 Å². The highest BCUT2D eigenvalue weighted by Gasteiger charge is 2.11. The highest BCUT2D eigenvalue weighted by atomic mass is 35.5. The predicted molar refractivity (Wildman–Crippen MR) is 131 cm³/mol. The summed E-state index contributed by atoms with van der Waals surface area (Å²) in [4.78, 5) is 35.0. The molecule has 0 fully saturated rings. The molecule has 0 saturated heterocycles. The molecule has 0 radical (unpaired) electrons. The molecular formula is C25H26ClN5O3. The average molecular weight is 480 g/mol. The summed E-state index contributed by atoms with van der Waals surface area (Å²) in [6.45, 7) is 4.48. The highest BCUT2D eigenvalue weighted by Crippen LogP contribution is 2.20. The van der Waals surface area contributed by atoms with E-state index in [0.717, 1.165) is 28.1 Å². The second-order valence-electron chi connectivity index (χ2n) is 7.73. The Morgan fingerprint density at radius 2 is 1.76 bits per heavy atom. The Morgan fingerprint density at radius 3 is 2.44 bits per heavy atom. The van der Waals surface area contributed by atoms with Gasteiger partial charge >= 0.3 is 0 Å². The van der Waals surface area contributed by atoms with Crippen molar-refractivity contribution in [3.8, 4) is 0 Å². The van der Waals surface area contributed by atoms with Crippen molar-refractivity contribution in [1.82, 2.24) is 20.4 Å². The zero-order valence-electron chi connectivity index (χ0n) is 19.0. The first-order valence-corrected chi connectivity index (χ1v) is 11.0. The Labute approximate surface area is 202 Å². The fourth-order valence-corrected chi connectivity index (χ4v) is 3.54. The molecule has 8 nitrogen and oxygen atoms in total. The number of aromatic nitrogens is 2. The van der Waals surface area contributed by atoms with Gasteiger partial charge in [-0.3, -0.25) is 19.1 Å². The van der Waals surface area contributed by atoms with E-state index in [1.807, 2.05) is 42.8 Å². The van der Waals surface area contributed by atoms with Crippen LogP contribution in [0.2, 0.25) is 5.02 Å². The number of halogens is 1. The van der Waals surface area contributed by atoms with Crippen molar-refractivity contribution in [3.63, 3.8) is 0 Å². The molecule has 3 rings (SSSR count). The Kier molecular flexibility index (Phi) is 8.21. The molecule has 4 N–H and O–H groups in total. The van der Waals surface area contributed by atoms with Gasteiger partial charge in [-0.1, -0.05) is 41.9 Å². The van der Waals surface area contributed by atoms with Gasteiger partial charge in [0.1, 0.15) is 0 Å². The second kappa shape index (κ2) is 11.3. The minimum atomic E-state index is -0.612. The summed E-state index contributed by atoms with van der Waals surface area (Å²) in [6, 6.07) is 14.3. The van der Waals surface area contributed by atoms with E-state index in [1.165, 1.54) is 6.08 Å². The molecule has 9 heteroatoms. The van der Waals surface area contributed by atoms with Crippen molar-refractivity contribution >= 4 is 35.4 Å². The highest BCUT2D eigenvalue weighted by molar-refractivity contribution is 6.31. The third-order valence-electron chi connectivity index (χ3n) is 5.22. The predicted octanol–water partition coefficient (Wildman–Crippen LogP) is 2.75. The smallest absolute Gasteiger partial charge is 0.251 e. The minimum absolute atomic E-state index is 0.221. The number of rotatable bonds is 9. The van der Waals surface area contributed by atoms with E-state index in [4.69, 9.17) is 17.3 Å². The maximum absolute atomic E-state index is 12.3. The molecule has 0 aliphatic heterocycles. The number of primary amides is 1. The molecule has 176 valence electrons. The van der Waals surface area contributed by atoms with Gasteiger partial charge in [0.15, 0.2) is 0 Å². The molecular weight excluding hydrogens is 454 g/mol. The summed E-state index contributed by atoms with van der Waals surface area (Å²) < 4.78 is 1.87. The second-order valence-corrected chi connectivity index (χ2v) is 8.14. The van der Waals surface area contributed by atoms with Crippen molar-refractivity contribution in [2.24, 2.45) is 5.73 Å². The Hall–Kier alpha value is -3.91. The number of hydrogen-bond acceptors (Lipinski definition) is 4. The molecule has 0 atom stereocenters. The number of hydrogen-bond donors (Lipinski definition) is 3. The standard InChI is InChI=1S/C25H26ClN5O3/c1-16-21(17(2)31(30-16)15-20-5-3-4-6-22(20)26)11-12-24(33)28-13-18-7-9-19(10-8-18)25(34)29-14-23(27)32/h3-12H,13-15H2,1-2H3,(H2,27,32)(H,28,33)(H,29,34)/b12-11+. The third kappa shape index (κ3) is 6.55. The Morgan fingerprint density at radius 1 is 1.06 bits per heavy atom. The first-order chi connectivity index (χ1) is 16.2. The van der Waals surface area contributed by atoms with Crippen molar-refractivity contribution in [2.45, 2.75) is 26.9 Å². The molecule has 3 amide bonds. The third-order valence-corrected chi connectivity index (χ3v) is 5.59. The van der Waals surface area contributed by atoms with Gasteiger partial charge < -0.3 is 16.4 Å². The van der Waals surface area contributed by atoms with E-state index < -0.39 is 11.8 Å². The number of carbonyl (C=O) groups is 3. The number of benzene rings is 2. The van der Waals surface area contributed by atoms with E-state index in [-0.39, 0.29) is 12.5 Å². The number of nitrogens with one attached hydrogen (secondary N) is 2. The first kappa shape index (κ1) is 24.7. The van der Waals surface area contributed by atoms with Crippen LogP contribution in [-0.2, 0) is 22.7 Å². The van der Waals surface area contributed by atoms with Gasteiger partial charge in [0.25, 0.3) is 5.91 Å². The lowest BCUT2D eigenvalue weighted by atomic mass is 10.1. The molecule has 0 spiro atoms. The van der Waals surface area contributed by atoms with Gasteiger partial charge in [-0.15, -0.1) is 0 Å². The largest absolute Gasteiger partial charge is 0.368 e. The van der Waals surface area contributed by atoms with Crippen molar-refractivity contribution in [2.75, 3.05) is 6.54 Å². The lowest BCUT2D eigenvalue weighted by Gasteiger charge is -2.07. The van der Waals surface area contributed by atoms with Crippen molar-refractivity contribution < 1.29 is 14.4 Å². The van der Waals surface area contributed by atoms with Gasteiger partial charge in [0.05, 0.1) is 18.8 Å². The summed E-state index contributed by atoms with van der Waals surface area (Å²) >= 11 is 6.27. The summed E-state index contributed by atoms with van der Waals surface area (Å²) in [6.07, 6.45) is 3.23. The molecule has 0 bridgehead atoms. The van der Waals surface area contributed by atoms with Crippen LogP contribution in [0.5, 0.6) is 0 Å². The van der Waals surface area contributed by atoms with Gasteiger partial charge in [-0.2, -0.15) is 5.10 Å². The topological polar surface area (TPSA) is 119 Å². The lowest BCUT2D eigenvalue weighted by molar-refractivity contribution is -0.117. The van der Waals surface area contributed by atoms with Crippen LogP contribution < -0.4 is 16.4 Å². The van der Waals surface area contributed by atoms with Crippen LogP contribution in [0.25, 0.3) is 6.08 Å². The molecule has 1 aromatic heterocycles. The van der Waals surface area contributed by atoms with Crippen LogP contribution in [0.3, 0.4) is 0 Å². The molecule has 0 aliphatic rings. The first-order valence-electron chi connectivity index (χ1n) is 10.6. The fourth-order valence-electron chi connectivity index (χ4n) is 3.34. The zero-order chi connectivity index (χ0) is 24.7. The van der Waals surface area contributed by atoms with Crippen LogP contribution >= 0.6 is 11.6 Å². The van der Waals surface area contributed by atoms with Crippen LogP contribution in [-0.4, -0.2) is 34.0 Å². The van der Waals surface area contributed by atoms with Crippen molar-refractivity contribution in [3.05, 3.63) is 93.3 Å². The number of amides is 3. The summed E-state index contributed by atoms with van der Waals surface area (Å²) in [5, 5.41) is 10.5. The number of carbonyl (C=O) groups excluding carboxylic acids is 3. The summed E-state index contributed by atoms with van der Waals surface area (Å²) in [5.41, 5.74) is 9.85. The number of nitrogens with two attached hydrogens (primary N) is 1. The molecule has 0 unspecified atom stereocenters. The van der Waals surface area contributed by atoms with Crippen LogP contribution in [0, 0.1) is 13.8 Å². The maximum Gasteiger partial charge on any atom is 0.251 e. The van der Waals surface area contributed by atoms with E-state index in [1.54, 1.807) is 30.3 Å². The van der Waals surface area contributed by atoms with Gasteiger partial charge in [-0.05, 0) is 49.2 Å². The van der Waals surface area contributed by atoms with Crippen LogP contribution in [0.1, 0.15) is 38.4 Å². The molecule has 3 aromatic rings. The van der Waals surface area contributed by atoms with Gasteiger partial charge in [-0.25, -0.2) is 0 Å². The Bertz CT molecular complexity index is 1230. The van der Waals surface area contributed by atoms with Gasteiger partial charge in [0.2, 0.25) is 11.8 Å². The summed E-state index contributed by atoms with van der Waals surface area (Å²) in [7, 11) is 0. The quantitative estimate of drug-likeness (QED) is 0.409. The normalized spacial score (nSPS) is 10.9. The maximum atomic E-state index is 12.3. The monoisotopic (exact) mass is 479 g/mol. The number of aryl methyl sites for hydroxylation is 1. The zero-order valence-corrected chi connectivity index (χ0v) is 19.7. The number of nitrogens with zero attached hydrogens (tertiary/aromatic N) is 2. The average Bonchev–Trinajstić information content (AvgIpc) is 3.08. The lowest BCUT2D eigenvalue weighted by Crippen LogP contribution is -2.33. The molecule has 0 saturated carbocycles. The van der Waals surface area contributed by atoms with Crippen molar-refractivity contribution in [1.29, 1.82) is 0 Å². The Balaban J connectivity index is 1.57. The van der Waals surface area contributed by atoms with Crippen LogP contribution in [0.15, 0.2) is 54.6 Å². The van der Waals surface area contributed by atoms with E-state index in [0.29, 0.717) is 23.7 Å². The van der Waals surface area contributed by atoms with E-state index >= 15 is 0 Å². The fraction of sp³-hybridized carbons (Fsp3) is 0.200. The molecule has 34 heavy (non-hydrogen) atoms. The molecule has 0 aliphatic carbocycles. The SMILES string of the molecule is Cc1nn(Cc2ccccc2Cl)c(C)c1/C=C/C(=O)NCc1ccc(C(=O)NCC(N)=O)cc1.